The lowest BCUT2D eigenvalue weighted by Gasteiger charge is -2.21. The van der Waals surface area contributed by atoms with Gasteiger partial charge in [-0.15, -0.1) is 0 Å². The largest absolute Gasteiger partial charge is 0.373 e. The molecule has 1 saturated carbocycles. The number of hydrogen-bond donors (Lipinski definition) is 1. The van der Waals surface area contributed by atoms with Crippen LogP contribution in [0.25, 0.3) is 0 Å². The number of aromatic nitrogens is 2. The minimum Gasteiger partial charge on any atom is -0.373 e. The van der Waals surface area contributed by atoms with Crippen molar-refractivity contribution in [1.29, 1.82) is 0 Å². The van der Waals surface area contributed by atoms with Gasteiger partial charge in [-0.25, -0.2) is 0 Å². The normalized spacial score (nSPS) is 24.3. The van der Waals surface area contributed by atoms with E-state index < -0.39 is 0 Å². The highest BCUT2D eigenvalue weighted by Gasteiger charge is 2.36. The summed E-state index contributed by atoms with van der Waals surface area (Å²) in [7, 11) is 0. The van der Waals surface area contributed by atoms with Gasteiger partial charge in [0.15, 0.2) is 0 Å². The van der Waals surface area contributed by atoms with Gasteiger partial charge in [0, 0.05) is 44.0 Å². The summed E-state index contributed by atoms with van der Waals surface area (Å²) in [5.74, 6) is 0.0177. The first-order valence-corrected chi connectivity index (χ1v) is 8.88. The van der Waals surface area contributed by atoms with Crippen molar-refractivity contribution in [3.63, 3.8) is 0 Å². The van der Waals surface area contributed by atoms with Crippen LogP contribution >= 0.6 is 0 Å². The van der Waals surface area contributed by atoms with Gasteiger partial charge in [0.2, 0.25) is 5.91 Å². The number of carbonyl (C=O) groups excluding carboxylic acids is 1. The molecule has 0 radical (unpaired) electrons. The third-order valence-corrected chi connectivity index (χ3v) is 4.90. The predicted octanol–water partition coefficient (Wildman–Crippen LogP) is 1.58. The molecule has 2 atom stereocenters. The summed E-state index contributed by atoms with van der Waals surface area (Å²) >= 11 is 0. The Morgan fingerprint density at radius 2 is 2.26 bits per heavy atom. The number of nitrogens with one attached hydrogen (secondary N) is 1. The van der Waals surface area contributed by atoms with E-state index in [0.717, 1.165) is 44.2 Å². The molecule has 128 valence electrons. The second-order valence-electron chi connectivity index (χ2n) is 6.47. The zero-order chi connectivity index (χ0) is 16.2. The predicted molar refractivity (Wildman–Crippen MR) is 88.0 cm³/mol. The molecule has 1 N–H and O–H groups in total. The van der Waals surface area contributed by atoms with Crippen LogP contribution < -0.4 is 5.32 Å². The summed E-state index contributed by atoms with van der Waals surface area (Å²) in [6, 6.07) is 0.749. The van der Waals surface area contributed by atoms with Crippen LogP contribution in [0, 0.1) is 5.92 Å². The zero-order valence-corrected chi connectivity index (χ0v) is 14.2. The van der Waals surface area contributed by atoms with Crippen molar-refractivity contribution >= 4 is 5.91 Å². The summed E-state index contributed by atoms with van der Waals surface area (Å²) in [4.78, 5) is 15.0. The monoisotopic (exact) mass is 320 g/mol. The highest BCUT2D eigenvalue weighted by molar-refractivity contribution is 5.79. The van der Waals surface area contributed by atoms with Gasteiger partial charge in [-0.1, -0.05) is 6.92 Å². The van der Waals surface area contributed by atoms with E-state index in [1.165, 1.54) is 12.8 Å². The summed E-state index contributed by atoms with van der Waals surface area (Å²) in [5.41, 5.74) is 1.01. The maximum absolute atomic E-state index is 12.5. The fourth-order valence-corrected chi connectivity index (χ4v) is 3.38. The topological polar surface area (TPSA) is 59.4 Å². The molecule has 1 amide bonds. The second kappa shape index (κ2) is 7.45. The molecule has 6 nitrogen and oxygen atoms in total. The van der Waals surface area contributed by atoms with Gasteiger partial charge in [0.25, 0.3) is 0 Å². The molecule has 2 heterocycles. The average molecular weight is 320 g/mol. The quantitative estimate of drug-likeness (QED) is 0.790. The van der Waals surface area contributed by atoms with Crippen LogP contribution in [0.1, 0.15) is 44.8 Å². The minimum absolute atomic E-state index is 0.0968. The number of hydrogen-bond acceptors (Lipinski definition) is 4. The van der Waals surface area contributed by atoms with Crippen molar-refractivity contribution in [2.75, 3.05) is 26.2 Å². The first-order valence-electron chi connectivity index (χ1n) is 8.88. The number of amides is 1. The molecular weight excluding hydrogens is 292 g/mol. The molecule has 0 aromatic carbocycles. The van der Waals surface area contributed by atoms with Crippen molar-refractivity contribution in [3.05, 3.63) is 18.0 Å². The van der Waals surface area contributed by atoms with E-state index in [9.17, 15) is 4.79 Å². The SMILES string of the molecule is CCN(CCNC(=O)[C@H]1CCO[C@@H]1c1cnn(CC)c1)C1CC1. The molecule has 1 aliphatic heterocycles. The van der Waals surface area contributed by atoms with Crippen LogP contribution in [0.4, 0.5) is 0 Å². The standard InChI is InChI=1S/C17H28N4O2/c1-3-20(14-5-6-14)9-8-18-17(22)15-7-10-23-16(15)13-11-19-21(4-2)12-13/h11-12,14-16H,3-10H2,1-2H3,(H,18,22)/t15-,16+/m0/s1. The Morgan fingerprint density at radius 3 is 2.91 bits per heavy atom. The molecule has 23 heavy (non-hydrogen) atoms. The molecule has 2 aliphatic rings. The Kier molecular flexibility index (Phi) is 5.33. The summed E-state index contributed by atoms with van der Waals surface area (Å²) < 4.78 is 7.68. The maximum Gasteiger partial charge on any atom is 0.226 e. The molecule has 1 aromatic rings. The fraction of sp³-hybridized carbons (Fsp3) is 0.765. The van der Waals surface area contributed by atoms with Gasteiger partial charge in [-0.2, -0.15) is 5.10 Å². The lowest BCUT2D eigenvalue weighted by Crippen LogP contribution is -2.39. The molecule has 0 unspecified atom stereocenters. The van der Waals surface area contributed by atoms with Crippen LogP contribution in [0.3, 0.4) is 0 Å². The summed E-state index contributed by atoms with van der Waals surface area (Å²) in [5, 5.41) is 7.40. The van der Waals surface area contributed by atoms with Crippen molar-refractivity contribution < 1.29 is 9.53 Å². The summed E-state index contributed by atoms with van der Waals surface area (Å²) in [6.07, 6.45) is 7.06. The van der Waals surface area contributed by atoms with E-state index in [2.05, 4.69) is 29.2 Å². The first kappa shape index (κ1) is 16.5. The van der Waals surface area contributed by atoms with Gasteiger partial charge in [-0.3, -0.25) is 14.4 Å². The number of nitrogens with zero attached hydrogens (tertiary/aromatic N) is 3. The molecule has 2 fully saturated rings. The number of likely N-dealkylation sites (N-methyl/N-ethyl adjacent to an activating group) is 1. The van der Waals surface area contributed by atoms with E-state index >= 15 is 0 Å². The van der Waals surface area contributed by atoms with Gasteiger partial charge in [0.05, 0.1) is 18.2 Å². The van der Waals surface area contributed by atoms with E-state index in [1.807, 2.05) is 17.1 Å². The lowest BCUT2D eigenvalue weighted by atomic mass is 9.96. The number of ether oxygens (including phenoxy) is 1. The molecular formula is C17H28N4O2. The van der Waals surface area contributed by atoms with Crippen molar-refractivity contribution in [2.24, 2.45) is 5.92 Å². The van der Waals surface area contributed by atoms with Crippen LogP contribution in [-0.4, -0.2) is 52.9 Å². The molecule has 0 spiro atoms. The summed E-state index contributed by atoms with van der Waals surface area (Å²) in [6.45, 7) is 8.44. The number of carbonyl (C=O) groups is 1. The maximum atomic E-state index is 12.5. The Balaban J connectivity index is 1.51. The third kappa shape index (κ3) is 3.93. The smallest absolute Gasteiger partial charge is 0.226 e. The van der Waals surface area contributed by atoms with E-state index in [-0.39, 0.29) is 17.9 Å². The molecule has 1 saturated heterocycles. The average Bonchev–Trinajstić information content (AvgIpc) is 3.10. The van der Waals surface area contributed by atoms with Crippen molar-refractivity contribution in [1.82, 2.24) is 20.0 Å². The Morgan fingerprint density at radius 1 is 1.43 bits per heavy atom. The molecule has 6 heteroatoms. The van der Waals surface area contributed by atoms with Crippen LogP contribution in [-0.2, 0) is 16.1 Å². The van der Waals surface area contributed by atoms with Gasteiger partial charge < -0.3 is 10.1 Å². The number of aryl methyl sites for hydroxylation is 1. The third-order valence-electron chi connectivity index (χ3n) is 4.90. The number of rotatable bonds is 8. The highest BCUT2D eigenvalue weighted by Crippen LogP contribution is 2.34. The first-order chi connectivity index (χ1) is 11.2. The fourth-order valence-electron chi connectivity index (χ4n) is 3.38. The van der Waals surface area contributed by atoms with Crippen LogP contribution in [0.2, 0.25) is 0 Å². The minimum atomic E-state index is -0.152. The molecule has 3 rings (SSSR count). The lowest BCUT2D eigenvalue weighted by molar-refractivity contribution is -0.126. The van der Waals surface area contributed by atoms with E-state index in [4.69, 9.17) is 4.74 Å². The zero-order valence-electron chi connectivity index (χ0n) is 14.2. The van der Waals surface area contributed by atoms with Gasteiger partial charge in [0.1, 0.15) is 0 Å². The Bertz CT molecular complexity index is 526. The van der Waals surface area contributed by atoms with Crippen LogP contribution in [0.15, 0.2) is 12.4 Å². The molecule has 1 aromatic heterocycles. The van der Waals surface area contributed by atoms with Crippen molar-refractivity contribution in [3.8, 4) is 0 Å². The Hall–Kier alpha value is -1.40. The van der Waals surface area contributed by atoms with E-state index in [1.54, 1.807) is 0 Å². The van der Waals surface area contributed by atoms with Gasteiger partial charge >= 0.3 is 0 Å². The van der Waals surface area contributed by atoms with Crippen LogP contribution in [0.5, 0.6) is 0 Å². The molecule has 0 bridgehead atoms. The van der Waals surface area contributed by atoms with E-state index in [0.29, 0.717) is 6.61 Å². The molecule has 1 aliphatic carbocycles. The van der Waals surface area contributed by atoms with Gasteiger partial charge in [-0.05, 0) is 32.7 Å². The highest BCUT2D eigenvalue weighted by atomic mass is 16.5. The second-order valence-corrected chi connectivity index (χ2v) is 6.47. The van der Waals surface area contributed by atoms with Crippen molar-refractivity contribution in [2.45, 2.75) is 51.8 Å². The Labute approximate surface area is 138 Å².